The average Bonchev–Trinajstić information content (AvgIpc) is 2.15. The SMILES string of the molecule is CC(C)OC(=O)CCc1ccccn1. The third-order valence-corrected chi connectivity index (χ3v) is 1.68. The predicted molar refractivity (Wildman–Crippen MR) is 53.8 cm³/mol. The summed E-state index contributed by atoms with van der Waals surface area (Å²) in [4.78, 5) is 15.3. The lowest BCUT2D eigenvalue weighted by Crippen LogP contribution is -2.12. The van der Waals surface area contributed by atoms with Gasteiger partial charge in [-0.25, -0.2) is 0 Å². The van der Waals surface area contributed by atoms with Crippen LogP contribution < -0.4 is 0 Å². The van der Waals surface area contributed by atoms with Crippen molar-refractivity contribution in [3.63, 3.8) is 0 Å². The maximum absolute atomic E-state index is 11.2. The lowest BCUT2D eigenvalue weighted by atomic mass is 10.2. The van der Waals surface area contributed by atoms with E-state index in [1.165, 1.54) is 0 Å². The van der Waals surface area contributed by atoms with Crippen molar-refractivity contribution in [1.82, 2.24) is 4.98 Å². The van der Waals surface area contributed by atoms with E-state index in [2.05, 4.69) is 4.98 Å². The number of nitrogens with zero attached hydrogens (tertiary/aromatic N) is 1. The molecular formula is C11H15NO2. The lowest BCUT2D eigenvalue weighted by molar-refractivity contribution is -0.147. The molecule has 0 unspecified atom stereocenters. The summed E-state index contributed by atoms with van der Waals surface area (Å²) in [7, 11) is 0. The molecule has 1 rings (SSSR count). The molecular weight excluding hydrogens is 178 g/mol. The lowest BCUT2D eigenvalue weighted by Gasteiger charge is -2.06. The first-order valence-corrected chi connectivity index (χ1v) is 4.78. The van der Waals surface area contributed by atoms with Crippen LogP contribution in [-0.2, 0) is 16.0 Å². The molecule has 0 aliphatic rings. The minimum absolute atomic E-state index is 0.0359. The first kappa shape index (κ1) is 10.7. The fourth-order valence-electron chi connectivity index (χ4n) is 1.10. The van der Waals surface area contributed by atoms with Crippen LogP contribution in [0.1, 0.15) is 26.0 Å². The van der Waals surface area contributed by atoms with E-state index in [9.17, 15) is 4.79 Å². The molecule has 3 heteroatoms. The number of hydrogen-bond acceptors (Lipinski definition) is 3. The van der Waals surface area contributed by atoms with Crippen LogP contribution >= 0.6 is 0 Å². The second-order valence-corrected chi connectivity index (χ2v) is 3.36. The van der Waals surface area contributed by atoms with Crippen molar-refractivity contribution in [1.29, 1.82) is 0 Å². The van der Waals surface area contributed by atoms with Gasteiger partial charge in [-0.1, -0.05) is 6.07 Å². The van der Waals surface area contributed by atoms with Gasteiger partial charge < -0.3 is 4.74 Å². The molecule has 3 nitrogen and oxygen atoms in total. The fourth-order valence-corrected chi connectivity index (χ4v) is 1.10. The molecule has 76 valence electrons. The molecule has 0 atom stereocenters. The zero-order chi connectivity index (χ0) is 10.4. The summed E-state index contributed by atoms with van der Waals surface area (Å²) in [6.07, 6.45) is 2.73. The number of esters is 1. The first-order valence-electron chi connectivity index (χ1n) is 4.78. The van der Waals surface area contributed by atoms with Gasteiger partial charge >= 0.3 is 5.97 Å². The van der Waals surface area contributed by atoms with Gasteiger partial charge in [-0.05, 0) is 26.0 Å². The quantitative estimate of drug-likeness (QED) is 0.686. The highest BCUT2D eigenvalue weighted by molar-refractivity contribution is 5.69. The maximum atomic E-state index is 11.2. The van der Waals surface area contributed by atoms with Crippen LogP contribution in [0.4, 0.5) is 0 Å². The summed E-state index contributed by atoms with van der Waals surface area (Å²) in [6, 6.07) is 5.68. The highest BCUT2D eigenvalue weighted by Crippen LogP contribution is 2.01. The molecule has 0 aliphatic heterocycles. The number of aryl methyl sites for hydroxylation is 1. The van der Waals surface area contributed by atoms with E-state index in [0.29, 0.717) is 12.8 Å². The van der Waals surface area contributed by atoms with E-state index < -0.39 is 0 Å². The summed E-state index contributed by atoms with van der Waals surface area (Å²) in [5, 5.41) is 0. The molecule has 0 bridgehead atoms. The summed E-state index contributed by atoms with van der Waals surface area (Å²) in [6.45, 7) is 3.69. The minimum Gasteiger partial charge on any atom is -0.463 e. The molecule has 0 saturated carbocycles. The highest BCUT2D eigenvalue weighted by atomic mass is 16.5. The first-order chi connectivity index (χ1) is 6.68. The normalized spacial score (nSPS) is 10.2. The second kappa shape index (κ2) is 5.37. The van der Waals surface area contributed by atoms with E-state index in [-0.39, 0.29) is 12.1 Å². The maximum Gasteiger partial charge on any atom is 0.306 e. The Hall–Kier alpha value is -1.38. The standard InChI is InChI=1S/C11H15NO2/c1-9(2)14-11(13)7-6-10-5-3-4-8-12-10/h3-5,8-9H,6-7H2,1-2H3. The third kappa shape index (κ3) is 4.03. The number of carbonyl (C=O) groups excluding carboxylic acids is 1. The van der Waals surface area contributed by atoms with Crippen LogP contribution in [0.25, 0.3) is 0 Å². The average molecular weight is 193 g/mol. The smallest absolute Gasteiger partial charge is 0.306 e. The second-order valence-electron chi connectivity index (χ2n) is 3.36. The van der Waals surface area contributed by atoms with Gasteiger partial charge in [-0.2, -0.15) is 0 Å². The molecule has 0 fully saturated rings. The summed E-state index contributed by atoms with van der Waals surface area (Å²) in [5.41, 5.74) is 0.924. The molecule has 1 aromatic rings. The zero-order valence-electron chi connectivity index (χ0n) is 8.56. The molecule has 0 radical (unpaired) electrons. The van der Waals surface area contributed by atoms with Gasteiger partial charge in [0.05, 0.1) is 12.5 Å². The molecule has 0 amide bonds. The Kier molecular flexibility index (Phi) is 4.11. The Labute approximate surface area is 84.1 Å². The number of aromatic nitrogens is 1. The molecule has 0 saturated heterocycles. The monoisotopic (exact) mass is 193 g/mol. The van der Waals surface area contributed by atoms with Gasteiger partial charge in [0, 0.05) is 18.3 Å². The zero-order valence-corrected chi connectivity index (χ0v) is 8.56. The van der Waals surface area contributed by atoms with Crippen molar-refractivity contribution in [3.8, 4) is 0 Å². The summed E-state index contributed by atoms with van der Waals surface area (Å²) < 4.78 is 5.01. The van der Waals surface area contributed by atoms with Gasteiger partial charge in [0.25, 0.3) is 0 Å². The van der Waals surface area contributed by atoms with Crippen molar-refractivity contribution >= 4 is 5.97 Å². The summed E-state index contributed by atoms with van der Waals surface area (Å²) >= 11 is 0. The molecule has 0 aliphatic carbocycles. The van der Waals surface area contributed by atoms with E-state index in [1.54, 1.807) is 6.20 Å². The van der Waals surface area contributed by atoms with Crippen molar-refractivity contribution in [3.05, 3.63) is 30.1 Å². The van der Waals surface area contributed by atoms with Gasteiger partial charge in [0.1, 0.15) is 0 Å². The third-order valence-electron chi connectivity index (χ3n) is 1.68. The number of hydrogen-bond donors (Lipinski definition) is 0. The van der Waals surface area contributed by atoms with Crippen LogP contribution in [0, 0.1) is 0 Å². The molecule has 1 heterocycles. The topological polar surface area (TPSA) is 39.2 Å². The Balaban J connectivity index is 2.31. The van der Waals surface area contributed by atoms with Crippen molar-refractivity contribution < 1.29 is 9.53 Å². The van der Waals surface area contributed by atoms with Crippen LogP contribution in [0.5, 0.6) is 0 Å². The van der Waals surface area contributed by atoms with E-state index in [4.69, 9.17) is 4.74 Å². The Morgan fingerprint density at radius 3 is 2.86 bits per heavy atom. The molecule has 0 N–H and O–H groups in total. The van der Waals surface area contributed by atoms with Crippen molar-refractivity contribution in [2.45, 2.75) is 32.8 Å². The van der Waals surface area contributed by atoms with E-state index in [1.807, 2.05) is 32.0 Å². The Morgan fingerprint density at radius 1 is 1.50 bits per heavy atom. The Morgan fingerprint density at radius 2 is 2.29 bits per heavy atom. The van der Waals surface area contributed by atoms with Crippen molar-refractivity contribution in [2.75, 3.05) is 0 Å². The van der Waals surface area contributed by atoms with Crippen molar-refractivity contribution in [2.24, 2.45) is 0 Å². The molecule has 14 heavy (non-hydrogen) atoms. The van der Waals surface area contributed by atoms with Crippen LogP contribution in [0.3, 0.4) is 0 Å². The fraction of sp³-hybridized carbons (Fsp3) is 0.455. The van der Waals surface area contributed by atoms with Crippen LogP contribution in [0.15, 0.2) is 24.4 Å². The number of ether oxygens (including phenoxy) is 1. The molecule has 0 spiro atoms. The van der Waals surface area contributed by atoms with Gasteiger partial charge in [0.15, 0.2) is 0 Å². The molecule has 1 aromatic heterocycles. The largest absolute Gasteiger partial charge is 0.463 e. The Bertz CT molecular complexity index is 283. The van der Waals surface area contributed by atoms with Gasteiger partial charge in [0.2, 0.25) is 0 Å². The van der Waals surface area contributed by atoms with Gasteiger partial charge in [-0.3, -0.25) is 9.78 Å². The van der Waals surface area contributed by atoms with Gasteiger partial charge in [-0.15, -0.1) is 0 Å². The van der Waals surface area contributed by atoms with Crippen LogP contribution in [0.2, 0.25) is 0 Å². The number of rotatable bonds is 4. The number of carbonyl (C=O) groups is 1. The molecule has 0 aromatic carbocycles. The number of pyridine rings is 1. The van der Waals surface area contributed by atoms with E-state index >= 15 is 0 Å². The summed E-state index contributed by atoms with van der Waals surface area (Å²) in [5.74, 6) is -0.161. The van der Waals surface area contributed by atoms with E-state index in [0.717, 1.165) is 5.69 Å². The minimum atomic E-state index is -0.161. The predicted octanol–water partition coefficient (Wildman–Crippen LogP) is 1.97. The highest BCUT2D eigenvalue weighted by Gasteiger charge is 2.05. The van der Waals surface area contributed by atoms with Crippen LogP contribution in [-0.4, -0.2) is 17.1 Å².